The molecule has 0 heterocycles. The first-order chi connectivity index (χ1) is 14.3. The number of hydrogen-bond acceptors (Lipinski definition) is 0. The molecule has 0 N–H and O–H groups in total. The van der Waals surface area contributed by atoms with E-state index < -0.39 is 0 Å². The van der Waals surface area contributed by atoms with Crippen LogP contribution >= 0.6 is 0 Å². The molecule has 3 saturated carbocycles. The minimum atomic E-state index is 0.911. The van der Waals surface area contributed by atoms with Gasteiger partial charge in [0.25, 0.3) is 0 Å². The van der Waals surface area contributed by atoms with Gasteiger partial charge in [0.05, 0.1) is 0 Å². The Bertz CT molecular complexity index is 425. The molecule has 29 heavy (non-hydrogen) atoms. The van der Waals surface area contributed by atoms with Crippen molar-refractivity contribution in [2.24, 2.45) is 35.5 Å². The fourth-order valence-electron chi connectivity index (χ4n) is 6.90. The average molecular weight is 401 g/mol. The van der Waals surface area contributed by atoms with Gasteiger partial charge in [-0.25, -0.2) is 0 Å². The average Bonchev–Trinajstić information content (AvgIpc) is 2.79. The van der Waals surface area contributed by atoms with Crippen LogP contribution in [0.4, 0.5) is 0 Å². The lowest BCUT2D eigenvalue weighted by molar-refractivity contribution is 0.154. The van der Waals surface area contributed by atoms with Gasteiger partial charge in [-0.1, -0.05) is 83.8 Å². The molecule has 0 nitrogen and oxygen atoms in total. The maximum atomic E-state index is 2.67. The Morgan fingerprint density at radius 1 is 0.517 bits per heavy atom. The van der Waals surface area contributed by atoms with Crippen LogP contribution in [-0.4, -0.2) is 0 Å². The molecule has 0 saturated heterocycles. The number of unbranched alkanes of at least 4 members (excludes halogenated alkanes) is 4. The van der Waals surface area contributed by atoms with Crippen molar-refractivity contribution in [2.45, 2.75) is 136 Å². The van der Waals surface area contributed by atoms with E-state index in [1.165, 1.54) is 109 Å². The molecule has 3 aliphatic rings. The van der Waals surface area contributed by atoms with Crippen molar-refractivity contribution in [3.8, 4) is 0 Å². The van der Waals surface area contributed by atoms with E-state index >= 15 is 0 Å². The monoisotopic (exact) mass is 400 g/mol. The van der Waals surface area contributed by atoms with Crippen molar-refractivity contribution in [3.63, 3.8) is 0 Å². The first kappa shape index (κ1) is 23.4. The third-order valence-corrected chi connectivity index (χ3v) is 9.21. The zero-order valence-electron chi connectivity index (χ0n) is 20.1. The minimum Gasteiger partial charge on any atom is -0.0851 e. The molecule has 0 aromatic heterocycles. The van der Waals surface area contributed by atoms with Gasteiger partial charge in [0.2, 0.25) is 0 Å². The molecule has 3 aliphatic carbocycles. The van der Waals surface area contributed by atoms with E-state index in [1.54, 1.807) is 12.8 Å². The van der Waals surface area contributed by atoms with Gasteiger partial charge in [0.1, 0.15) is 0 Å². The Labute approximate surface area is 183 Å². The summed E-state index contributed by atoms with van der Waals surface area (Å²) in [4.78, 5) is 0. The molecule has 0 spiro atoms. The lowest BCUT2D eigenvalue weighted by atomic mass is 9.69. The zero-order chi connectivity index (χ0) is 20.3. The van der Waals surface area contributed by atoms with Crippen molar-refractivity contribution < 1.29 is 0 Å². The molecule has 0 aliphatic heterocycles. The second-order valence-corrected chi connectivity index (χ2v) is 11.2. The highest BCUT2D eigenvalue weighted by molar-refractivity contribution is 4.97. The Balaban J connectivity index is 1.26. The molecular weight excluding hydrogens is 348 g/mol. The van der Waals surface area contributed by atoms with Crippen molar-refractivity contribution in [3.05, 3.63) is 12.2 Å². The largest absolute Gasteiger partial charge is 0.0851 e. The summed E-state index contributed by atoms with van der Waals surface area (Å²) in [6, 6.07) is 0. The summed E-state index contributed by atoms with van der Waals surface area (Å²) in [6.45, 7) is 4.71. The van der Waals surface area contributed by atoms with Gasteiger partial charge in [0, 0.05) is 0 Å². The molecule has 3 rings (SSSR count). The Morgan fingerprint density at radius 2 is 1.00 bits per heavy atom. The van der Waals surface area contributed by atoms with E-state index in [1.807, 2.05) is 0 Å². The molecule has 0 unspecified atom stereocenters. The van der Waals surface area contributed by atoms with Gasteiger partial charge in [-0.2, -0.15) is 0 Å². The van der Waals surface area contributed by atoms with Gasteiger partial charge in [0.15, 0.2) is 0 Å². The van der Waals surface area contributed by atoms with Gasteiger partial charge in [-0.15, -0.1) is 0 Å². The highest BCUT2D eigenvalue weighted by atomic mass is 14.4. The molecule has 0 heteroatoms. The summed E-state index contributed by atoms with van der Waals surface area (Å²) in [7, 11) is 0. The topological polar surface area (TPSA) is 0 Å². The van der Waals surface area contributed by atoms with Crippen LogP contribution in [0.1, 0.15) is 136 Å². The molecule has 0 bridgehead atoms. The van der Waals surface area contributed by atoms with Gasteiger partial charge in [-0.05, 0) is 99.7 Å². The van der Waals surface area contributed by atoms with Crippen LogP contribution in [0.5, 0.6) is 0 Å². The zero-order valence-corrected chi connectivity index (χ0v) is 20.1. The lowest BCUT2D eigenvalue weighted by Crippen LogP contribution is -2.25. The molecule has 168 valence electrons. The van der Waals surface area contributed by atoms with E-state index in [0.29, 0.717) is 0 Å². The van der Waals surface area contributed by atoms with Crippen LogP contribution in [0.2, 0.25) is 0 Å². The van der Waals surface area contributed by atoms with Crippen molar-refractivity contribution in [2.75, 3.05) is 0 Å². The minimum absolute atomic E-state index is 0.911. The third-order valence-electron chi connectivity index (χ3n) is 9.21. The standard InChI is InChI=1S/C29H52/c1-3-5-6-7-8-9-25-10-12-26(13-11-25)14-15-27-18-22-29(23-19-27)28-20-16-24(4-2)17-21-28/h14-15,24-29H,3-13,16-23H2,1-2H3/b15-14+. The summed E-state index contributed by atoms with van der Waals surface area (Å²) in [6.07, 6.45) is 33.7. The smallest absolute Gasteiger partial charge is 0.0233 e. The highest BCUT2D eigenvalue weighted by Crippen LogP contribution is 2.42. The number of allylic oxidation sites excluding steroid dienone is 2. The molecule has 0 aromatic carbocycles. The first-order valence-corrected chi connectivity index (χ1v) is 14.0. The molecule has 0 atom stereocenters. The van der Waals surface area contributed by atoms with E-state index in [9.17, 15) is 0 Å². The normalized spacial score (nSPS) is 36.5. The second-order valence-electron chi connectivity index (χ2n) is 11.2. The Morgan fingerprint density at radius 3 is 1.55 bits per heavy atom. The maximum absolute atomic E-state index is 2.67. The quantitative estimate of drug-likeness (QED) is 0.253. The van der Waals surface area contributed by atoms with Crippen LogP contribution in [-0.2, 0) is 0 Å². The summed E-state index contributed by atoms with van der Waals surface area (Å²) in [5.41, 5.74) is 0. The number of rotatable bonds is 10. The second kappa shape index (κ2) is 13.2. The van der Waals surface area contributed by atoms with Crippen LogP contribution < -0.4 is 0 Å². The predicted octanol–water partition coefficient (Wildman–Crippen LogP) is 9.73. The predicted molar refractivity (Wildman–Crippen MR) is 129 cm³/mol. The van der Waals surface area contributed by atoms with Gasteiger partial charge >= 0.3 is 0 Å². The molecule has 3 fully saturated rings. The van der Waals surface area contributed by atoms with E-state index in [-0.39, 0.29) is 0 Å². The molecule has 0 aromatic rings. The Kier molecular flexibility index (Phi) is 10.7. The van der Waals surface area contributed by atoms with E-state index in [4.69, 9.17) is 0 Å². The first-order valence-electron chi connectivity index (χ1n) is 14.0. The molecule has 0 amide bonds. The van der Waals surface area contributed by atoms with Crippen LogP contribution in [0, 0.1) is 35.5 Å². The van der Waals surface area contributed by atoms with E-state index in [0.717, 1.165) is 35.5 Å². The van der Waals surface area contributed by atoms with Crippen molar-refractivity contribution >= 4 is 0 Å². The summed E-state index contributed by atoms with van der Waals surface area (Å²) >= 11 is 0. The Hall–Kier alpha value is -0.260. The summed E-state index contributed by atoms with van der Waals surface area (Å²) in [5.74, 6) is 6.09. The SMILES string of the molecule is CCCCCCCC1CCC(/C=C/C2CCC(C3CCC(CC)CC3)CC2)CC1. The van der Waals surface area contributed by atoms with Crippen molar-refractivity contribution in [1.82, 2.24) is 0 Å². The molecule has 0 radical (unpaired) electrons. The highest BCUT2D eigenvalue weighted by Gasteiger charge is 2.30. The number of hydrogen-bond donors (Lipinski definition) is 0. The fourth-order valence-corrected chi connectivity index (χ4v) is 6.90. The van der Waals surface area contributed by atoms with Gasteiger partial charge in [-0.3, -0.25) is 0 Å². The van der Waals surface area contributed by atoms with Crippen LogP contribution in [0.3, 0.4) is 0 Å². The van der Waals surface area contributed by atoms with Crippen LogP contribution in [0.15, 0.2) is 12.2 Å². The molecular formula is C29H52. The summed E-state index contributed by atoms with van der Waals surface area (Å²) < 4.78 is 0. The fraction of sp³-hybridized carbons (Fsp3) is 0.931. The third kappa shape index (κ3) is 8.06. The van der Waals surface area contributed by atoms with E-state index in [2.05, 4.69) is 26.0 Å². The van der Waals surface area contributed by atoms with Crippen LogP contribution in [0.25, 0.3) is 0 Å². The maximum Gasteiger partial charge on any atom is -0.0233 e. The van der Waals surface area contributed by atoms with Gasteiger partial charge < -0.3 is 0 Å². The van der Waals surface area contributed by atoms with Crippen molar-refractivity contribution in [1.29, 1.82) is 0 Å². The lowest BCUT2D eigenvalue weighted by Gasteiger charge is -2.37. The summed E-state index contributed by atoms with van der Waals surface area (Å²) in [5, 5.41) is 0.